The quantitative estimate of drug-likeness (QED) is 0.605. The second-order valence-electron chi connectivity index (χ2n) is 5.96. The van der Waals surface area contributed by atoms with Crippen LogP contribution in [0.5, 0.6) is 0 Å². The highest BCUT2D eigenvalue weighted by atomic mass is 19.2. The number of rotatable bonds is 5. The topological polar surface area (TPSA) is 55.6 Å². The van der Waals surface area contributed by atoms with E-state index in [1.807, 2.05) is 0 Å². The van der Waals surface area contributed by atoms with Crippen molar-refractivity contribution < 1.29 is 22.8 Å². The molecular weight excluding hydrogens is 318 g/mol. The number of hydrogen-bond acceptors (Lipinski definition) is 5. The van der Waals surface area contributed by atoms with Crippen LogP contribution in [-0.2, 0) is 16.1 Å². The van der Waals surface area contributed by atoms with Crippen molar-refractivity contribution in [2.45, 2.75) is 33.2 Å². The molecule has 1 saturated heterocycles. The van der Waals surface area contributed by atoms with E-state index in [-0.39, 0.29) is 11.9 Å². The summed E-state index contributed by atoms with van der Waals surface area (Å²) in [6.45, 7) is 4.80. The van der Waals surface area contributed by atoms with Gasteiger partial charge in [0.25, 0.3) is 0 Å². The van der Waals surface area contributed by atoms with E-state index in [4.69, 9.17) is 9.26 Å². The van der Waals surface area contributed by atoms with E-state index in [1.54, 1.807) is 13.0 Å². The third-order valence-electron chi connectivity index (χ3n) is 4.14. The number of hydrogen-bond donors (Lipinski definition) is 0. The molecule has 0 unspecified atom stereocenters. The first-order valence-electron chi connectivity index (χ1n) is 7.87. The van der Waals surface area contributed by atoms with Crippen LogP contribution >= 0.6 is 0 Å². The van der Waals surface area contributed by atoms with Crippen molar-refractivity contribution in [1.82, 2.24) is 10.1 Å². The Bertz CT molecular complexity index is 640. The molecule has 2 rings (SSSR count). The Morgan fingerprint density at radius 1 is 1.42 bits per heavy atom. The van der Waals surface area contributed by atoms with Crippen molar-refractivity contribution in [3.8, 4) is 0 Å². The van der Waals surface area contributed by atoms with Gasteiger partial charge in [-0.05, 0) is 51.4 Å². The Hall–Kier alpha value is -2.02. The molecule has 1 aromatic rings. The summed E-state index contributed by atoms with van der Waals surface area (Å²) in [5.74, 6) is -1.33. The number of esters is 1. The van der Waals surface area contributed by atoms with Crippen LogP contribution in [0.1, 0.15) is 38.1 Å². The van der Waals surface area contributed by atoms with Crippen LogP contribution in [-0.4, -0.2) is 36.2 Å². The zero-order chi connectivity index (χ0) is 17.7. The van der Waals surface area contributed by atoms with Gasteiger partial charge in [0.15, 0.2) is 11.6 Å². The van der Waals surface area contributed by atoms with Gasteiger partial charge in [0.1, 0.15) is 11.5 Å². The molecule has 1 aliphatic heterocycles. The second kappa shape index (κ2) is 8.19. The Morgan fingerprint density at radius 3 is 2.67 bits per heavy atom. The van der Waals surface area contributed by atoms with Crippen molar-refractivity contribution >= 4 is 11.5 Å². The molecule has 2 heterocycles. The minimum Gasteiger partial charge on any atom is -0.469 e. The van der Waals surface area contributed by atoms with E-state index < -0.39 is 11.7 Å². The molecule has 0 N–H and O–H groups in total. The molecule has 5 nitrogen and oxygen atoms in total. The lowest BCUT2D eigenvalue weighted by atomic mass is 9.97. The molecule has 1 aromatic heterocycles. The Morgan fingerprint density at radius 2 is 2.08 bits per heavy atom. The fourth-order valence-corrected chi connectivity index (χ4v) is 2.65. The summed E-state index contributed by atoms with van der Waals surface area (Å²) in [5.41, 5.74) is 0.967. The first kappa shape index (κ1) is 18.3. The number of piperidine rings is 1. The van der Waals surface area contributed by atoms with Crippen molar-refractivity contribution in [3.63, 3.8) is 0 Å². The van der Waals surface area contributed by atoms with Crippen molar-refractivity contribution in [1.29, 1.82) is 0 Å². The number of carbonyl (C=O) groups excluding carboxylic acids is 1. The number of methoxy groups -OCH3 is 1. The van der Waals surface area contributed by atoms with Gasteiger partial charge in [0, 0.05) is 6.07 Å². The van der Waals surface area contributed by atoms with Crippen LogP contribution in [0.3, 0.4) is 0 Å². The largest absolute Gasteiger partial charge is 0.469 e. The van der Waals surface area contributed by atoms with Crippen molar-refractivity contribution in [3.05, 3.63) is 35.3 Å². The van der Waals surface area contributed by atoms with Crippen LogP contribution < -0.4 is 0 Å². The Kier molecular flexibility index (Phi) is 6.25. The summed E-state index contributed by atoms with van der Waals surface area (Å²) >= 11 is 0. The monoisotopic (exact) mass is 340 g/mol. The number of ether oxygens (including phenoxy) is 1. The predicted molar refractivity (Wildman–Crippen MR) is 85.1 cm³/mol. The molecule has 1 fully saturated rings. The number of carbonyl (C=O) groups is 1. The van der Waals surface area contributed by atoms with Crippen molar-refractivity contribution in [2.75, 3.05) is 20.2 Å². The summed E-state index contributed by atoms with van der Waals surface area (Å²) in [6, 6.07) is 1.72. The standard InChI is InChI=1S/C17H22F2N2O3/c1-11(8-15(19)12(2)18)16-9-14(24-20-16)10-21-6-4-13(5-7-21)17(22)23-3/h8-9,13H,4-7,10H2,1-3H3/b11-8+,15-12-. The van der Waals surface area contributed by atoms with Gasteiger partial charge in [-0.1, -0.05) is 5.16 Å². The molecule has 132 valence electrons. The Balaban J connectivity index is 1.93. The summed E-state index contributed by atoms with van der Waals surface area (Å²) in [4.78, 5) is 13.7. The summed E-state index contributed by atoms with van der Waals surface area (Å²) in [5, 5.41) is 3.89. The van der Waals surface area contributed by atoms with E-state index in [1.165, 1.54) is 7.11 Å². The maximum absolute atomic E-state index is 13.3. The molecule has 0 aliphatic carbocycles. The molecule has 0 radical (unpaired) electrons. The van der Waals surface area contributed by atoms with E-state index >= 15 is 0 Å². The fourth-order valence-electron chi connectivity index (χ4n) is 2.65. The van der Waals surface area contributed by atoms with Crippen LogP contribution in [0.25, 0.3) is 5.57 Å². The number of aromatic nitrogens is 1. The van der Waals surface area contributed by atoms with E-state index in [0.29, 0.717) is 23.6 Å². The van der Waals surface area contributed by atoms with Gasteiger partial charge < -0.3 is 9.26 Å². The van der Waals surface area contributed by atoms with Gasteiger partial charge in [0.05, 0.1) is 19.6 Å². The van der Waals surface area contributed by atoms with Gasteiger partial charge in [-0.25, -0.2) is 8.78 Å². The minimum absolute atomic E-state index is 0.0413. The van der Waals surface area contributed by atoms with Gasteiger partial charge in [-0.2, -0.15) is 0 Å². The maximum Gasteiger partial charge on any atom is 0.308 e. The minimum atomic E-state index is -0.915. The molecule has 7 heteroatoms. The second-order valence-corrected chi connectivity index (χ2v) is 5.96. The summed E-state index contributed by atoms with van der Waals surface area (Å²) < 4.78 is 36.1. The highest BCUT2D eigenvalue weighted by Gasteiger charge is 2.26. The smallest absolute Gasteiger partial charge is 0.308 e. The fraction of sp³-hybridized carbons (Fsp3) is 0.529. The number of allylic oxidation sites excluding steroid dienone is 4. The SMILES string of the molecule is COC(=O)C1CCN(Cc2cc(/C(C)=C/C(F)=C(\C)F)no2)CC1. The van der Waals surface area contributed by atoms with Crippen LogP contribution in [0.15, 0.2) is 28.3 Å². The normalized spacial score (nSPS) is 18.5. The molecule has 0 bridgehead atoms. The van der Waals surface area contributed by atoms with Crippen molar-refractivity contribution in [2.24, 2.45) is 5.92 Å². The van der Waals surface area contributed by atoms with Gasteiger partial charge in [-0.15, -0.1) is 0 Å². The van der Waals surface area contributed by atoms with E-state index in [2.05, 4.69) is 10.1 Å². The highest BCUT2D eigenvalue weighted by Crippen LogP contribution is 2.22. The molecular formula is C17H22F2N2O3. The molecule has 0 amide bonds. The zero-order valence-electron chi connectivity index (χ0n) is 14.1. The predicted octanol–water partition coefficient (Wildman–Crippen LogP) is 3.63. The lowest BCUT2D eigenvalue weighted by Crippen LogP contribution is -2.36. The summed E-state index contributed by atoms with van der Waals surface area (Å²) in [6.07, 6.45) is 2.59. The zero-order valence-corrected chi connectivity index (χ0v) is 14.1. The highest BCUT2D eigenvalue weighted by molar-refractivity contribution is 5.72. The van der Waals surface area contributed by atoms with Gasteiger partial charge in [0.2, 0.25) is 0 Å². The maximum atomic E-state index is 13.3. The first-order valence-corrected chi connectivity index (χ1v) is 7.87. The number of halogens is 2. The molecule has 0 aromatic carbocycles. The average molecular weight is 340 g/mol. The number of likely N-dealkylation sites (tertiary alicyclic amines) is 1. The molecule has 1 aliphatic rings. The van der Waals surface area contributed by atoms with Crippen LogP contribution in [0.2, 0.25) is 0 Å². The van der Waals surface area contributed by atoms with Crippen LogP contribution in [0, 0.1) is 5.92 Å². The summed E-state index contributed by atoms with van der Waals surface area (Å²) in [7, 11) is 1.41. The van der Waals surface area contributed by atoms with Gasteiger partial charge in [-0.3, -0.25) is 9.69 Å². The average Bonchev–Trinajstić information content (AvgIpc) is 3.03. The Labute approximate surface area is 139 Å². The van der Waals surface area contributed by atoms with E-state index in [0.717, 1.165) is 38.9 Å². The molecule has 0 spiro atoms. The lowest BCUT2D eigenvalue weighted by Gasteiger charge is -2.29. The number of nitrogens with zero attached hydrogens (tertiary/aromatic N) is 2. The molecule has 0 saturated carbocycles. The van der Waals surface area contributed by atoms with Gasteiger partial charge >= 0.3 is 5.97 Å². The first-order chi connectivity index (χ1) is 11.4. The van der Waals surface area contributed by atoms with E-state index in [9.17, 15) is 13.6 Å². The third kappa shape index (κ3) is 4.74. The third-order valence-corrected chi connectivity index (χ3v) is 4.14. The molecule has 24 heavy (non-hydrogen) atoms. The lowest BCUT2D eigenvalue weighted by molar-refractivity contribution is -0.147. The van der Waals surface area contributed by atoms with Crippen LogP contribution in [0.4, 0.5) is 8.78 Å². The molecule has 0 atom stereocenters.